The molecule has 0 aliphatic heterocycles. The van der Waals surface area contributed by atoms with Crippen molar-refractivity contribution in [3.8, 4) is 0 Å². The van der Waals surface area contributed by atoms with E-state index in [-0.39, 0.29) is 0 Å². The third kappa shape index (κ3) is 4.49. The second kappa shape index (κ2) is 7.06. The fourth-order valence-corrected chi connectivity index (χ4v) is 1.32. The summed E-state index contributed by atoms with van der Waals surface area (Å²) >= 11 is 0. The Morgan fingerprint density at radius 3 is 3.12 bits per heavy atom. The molecule has 0 atom stereocenters. The molecule has 0 fully saturated rings. The predicted molar refractivity (Wildman–Crippen MR) is 66.6 cm³/mol. The molecule has 0 spiro atoms. The second-order valence-electron chi connectivity index (χ2n) is 4.09. The quantitative estimate of drug-likeness (QED) is 0.542. The molecule has 0 saturated heterocycles. The molecule has 1 aromatic rings. The first kappa shape index (κ1) is 12.8. The van der Waals surface area contributed by atoms with E-state index in [4.69, 9.17) is 4.74 Å². The normalized spacial score (nSPS) is 10.7. The first-order valence-corrected chi connectivity index (χ1v) is 5.67. The SMILES string of the molecule is C=CCn1ccnc1NCCOCC(C)C. The Balaban J connectivity index is 2.21. The van der Waals surface area contributed by atoms with E-state index in [0.717, 1.165) is 25.6 Å². The third-order valence-corrected chi connectivity index (χ3v) is 2.02. The van der Waals surface area contributed by atoms with E-state index in [9.17, 15) is 0 Å². The maximum atomic E-state index is 5.47. The molecule has 1 heterocycles. The number of ether oxygens (including phenoxy) is 1. The van der Waals surface area contributed by atoms with Gasteiger partial charge in [0.1, 0.15) is 0 Å². The van der Waals surface area contributed by atoms with Crippen LogP contribution in [0.4, 0.5) is 5.95 Å². The average molecular weight is 223 g/mol. The zero-order valence-corrected chi connectivity index (χ0v) is 10.1. The number of nitrogens with one attached hydrogen (secondary N) is 1. The van der Waals surface area contributed by atoms with Gasteiger partial charge in [0, 0.05) is 32.1 Å². The van der Waals surface area contributed by atoms with Gasteiger partial charge in [0.05, 0.1) is 6.61 Å². The van der Waals surface area contributed by atoms with Gasteiger partial charge >= 0.3 is 0 Å². The number of hydrogen-bond donors (Lipinski definition) is 1. The van der Waals surface area contributed by atoms with Crippen molar-refractivity contribution in [3.63, 3.8) is 0 Å². The largest absolute Gasteiger partial charge is 0.379 e. The summed E-state index contributed by atoms with van der Waals surface area (Å²) in [5, 5.41) is 3.23. The van der Waals surface area contributed by atoms with Gasteiger partial charge in [0.25, 0.3) is 0 Å². The molecule has 4 heteroatoms. The Hall–Kier alpha value is -1.29. The molecule has 16 heavy (non-hydrogen) atoms. The van der Waals surface area contributed by atoms with Crippen molar-refractivity contribution in [3.05, 3.63) is 25.0 Å². The van der Waals surface area contributed by atoms with Crippen molar-refractivity contribution in [1.82, 2.24) is 9.55 Å². The van der Waals surface area contributed by atoms with Crippen LogP contribution in [0.2, 0.25) is 0 Å². The molecule has 0 aromatic carbocycles. The molecule has 0 aliphatic rings. The van der Waals surface area contributed by atoms with Crippen LogP contribution in [-0.4, -0.2) is 29.3 Å². The lowest BCUT2D eigenvalue weighted by Gasteiger charge is -2.09. The van der Waals surface area contributed by atoms with E-state index in [0.29, 0.717) is 12.5 Å². The highest BCUT2D eigenvalue weighted by molar-refractivity contribution is 5.25. The maximum absolute atomic E-state index is 5.47. The van der Waals surface area contributed by atoms with Crippen LogP contribution in [0.25, 0.3) is 0 Å². The smallest absolute Gasteiger partial charge is 0.203 e. The molecule has 0 unspecified atom stereocenters. The predicted octanol–water partition coefficient (Wildman–Crippen LogP) is 2.15. The van der Waals surface area contributed by atoms with Gasteiger partial charge < -0.3 is 14.6 Å². The summed E-state index contributed by atoms with van der Waals surface area (Å²) in [6.45, 7) is 11.1. The fourth-order valence-electron chi connectivity index (χ4n) is 1.32. The minimum Gasteiger partial charge on any atom is -0.379 e. The summed E-state index contributed by atoms with van der Waals surface area (Å²) in [6, 6.07) is 0. The van der Waals surface area contributed by atoms with Crippen LogP contribution in [0.1, 0.15) is 13.8 Å². The number of allylic oxidation sites excluding steroid dienone is 1. The summed E-state index contributed by atoms with van der Waals surface area (Å²) in [6.07, 6.45) is 5.56. The summed E-state index contributed by atoms with van der Waals surface area (Å²) in [5.74, 6) is 1.45. The number of aromatic nitrogens is 2. The molecule has 0 bridgehead atoms. The van der Waals surface area contributed by atoms with Crippen molar-refractivity contribution in [2.45, 2.75) is 20.4 Å². The van der Waals surface area contributed by atoms with Gasteiger partial charge in [0.15, 0.2) is 0 Å². The molecular weight excluding hydrogens is 202 g/mol. The van der Waals surface area contributed by atoms with E-state index in [1.807, 2.05) is 16.8 Å². The Morgan fingerprint density at radius 1 is 1.62 bits per heavy atom. The van der Waals surface area contributed by atoms with Crippen LogP contribution in [0.3, 0.4) is 0 Å². The molecule has 0 aliphatic carbocycles. The van der Waals surface area contributed by atoms with Gasteiger partial charge in [-0.1, -0.05) is 19.9 Å². The highest BCUT2D eigenvalue weighted by atomic mass is 16.5. The van der Waals surface area contributed by atoms with Crippen molar-refractivity contribution in [2.24, 2.45) is 5.92 Å². The molecule has 0 saturated carbocycles. The summed E-state index contributed by atoms with van der Waals surface area (Å²) in [7, 11) is 0. The minimum absolute atomic E-state index is 0.586. The summed E-state index contributed by atoms with van der Waals surface area (Å²) in [4.78, 5) is 4.22. The summed E-state index contributed by atoms with van der Waals surface area (Å²) < 4.78 is 7.48. The highest BCUT2D eigenvalue weighted by Gasteiger charge is 1.99. The Morgan fingerprint density at radius 2 is 2.44 bits per heavy atom. The van der Waals surface area contributed by atoms with Crippen LogP contribution < -0.4 is 5.32 Å². The van der Waals surface area contributed by atoms with E-state index >= 15 is 0 Å². The average Bonchev–Trinajstić information content (AvgIpc) is 2.65. The number of anilines is 1. The van der Waals surface area contributed by atoms with Gasteiger partial charge in [0.2, 0.25) is 5.95 Å². The van der Waals surface area contributed by atoms with Gasteiger partial charge in [-0.25, -0.2) is 4.98 Å². The molecular formula is C12H21N3O. The molecule has 1 rings (SSSR count). The third-order valence-electron chi connectivity index (χ3n) is 2.02. The van der Waals surface area contributed by atoms with E-state index < -0.39 is 0 Å². The van der Waals surface area contributed by atoms with Crippen LogP contribution in [0.15, 0.2) is 25.0 Å². The van der Waals surface area contributed by atoms with Crippen LogP contribution in [-0.2, 0) is 11.3 Å². The zero-order chi connectivity index (χ0) is 11.8. The Kier molecular flexibility index (Phi) is 5.64. The van der Waals surface area contributed by atoms with Crippen LogP contribution in [0, 0.1) is 5.92 Å². The van der Waals surface area contributed by atoms with Crippen molar-refractivity contribution < 1.29 is 4.74 Å². The minimum atomic E-state index is 0.586. The van der Waals surface area contributed by atoms with E-state index in [2.05, 4.69) is 30.7 Å². The van der Waals surface area contributed by atoms with Crippen molar-refractivity contribution in [2.75, 3.05) is 25.1 Å². The lowest BCUT2D eigenvalue weighted by atomic mass is 10.2. The highest BCUT2D eigenvalue weighted by Crippen LogP contribution is 2.03. The van der Waals surface area contributed by atoms with Gasteiger partial charge in [-0.05, 0) is 5.92 Å². The van der Waals surface area contributed by atoms with Crippen molar-refractivity contribution >= 4 is 5.95 Å². The van der Waals surface area contributed by atoms with Gasteiger partial charge in [-0.2, -0.15) is 0 Å². The number of rotatable bonds is 8. The van der Waals surface area contributed by atoms with Crippen LogP contribution >= 0.6 is 0 Å². The molecule has 1 N–H and O–H groups in total. The molecule has 1 aromatic heterocycles. The number of hydrogen-bond acceptors (Lipinski definition) is 3. The zero-order valence-electron chi connectivity index (χ0n) is 10.1. The van der Waals surface area contributed by atoms with Gasteiger partial charge in [-0.15, -0.1) is 6.58 Å². The first-order valence-electron chi connectivity index (χ1n) is 5.67. The molecule has 0 amide bonds. The molecule has 0 radical (unpaired) electrons. The van der Waals surface area contributed by atoms with Crippen LogP contribution in [0.5, 0.6) is 0 Å². The lowest BCUT2D eigenvalue weighted by Crippen LogP contribution is -2.14. The topological polar surface area (TPSA) is 39.1 Å². The fraction of sp³-hybridized carbons (Fsp3) is 0.583. The first-order chi connectivity index (χ1) is 7.74. The standard InChI is InChI=1S/C12H21N3O/c1-4-7-15-8-5-13-12(15)14-6-9-16-10-11(2)3/h4-5,8,11H,1,6-7,9-10H2,2-3H3,(H,13,14). The lowest BCUT2D eigenvalue weighted by molar-refractivity contribution is 0.118. The van der Waals surface area contributed by atoms with Gasteiger partial charge in [-0.3, -0.25) is 0 Å². The number of nitrogens with zero attached hydrogens (tertiary/aromatic N) is 2. The summed E-state index contributed by atoms with van der Waals surface area (Å²) in [5.41, 5.74) is 0. The van der Waals surface area contributed by atoms with Crippen molar-refractivity contribution in [1.29, 1.82) is 0 Å². The maximum Gasteiger partial charge on any atom is 0.203 e. The Labute approximate surface area is 97.3 Å². The molecule has 90 valence electrons. The van der Waals surface area contributed by atoms with E-state index in [1.54, 1.807) is 6.20 Å². The van der Waals surface area contributed by atoms with E-state index in [1.165, 1.54) is 0 Å². The monoisotopic (exact) mass is 223 g/mol. The second-order valence-corrected chi connectivity index (χ2v) is 4.09. The Bertz CT molecular complexity index is 307. The molecule has 4 nitrogen and oxygen atoms in total. The number of imidazole rings is 1.